The van der Waals surface area contributed by atoms with Gasteiger partial charge in [0, 0.05) is 150 Å². The van der Waals surface area contributed by atoms with Crippen LogP contribution in [0.15, 0.2) is 42.7 Å². The molecular weight excluding hydrogens is 1120 g/mol. The molecule has 0 saturated carbocycles. The maximum atomic E-state index is 11.8. The van der Waals surface area contributed by atoms with Crippen molar-refractivity contribution in [2.75, 3.05) is 13.7 Å². The van der Waals surface area contributed by atoms with Crippen LogP contribution in [0.4, 0.5) is 0 Å². The van der Waals surface area contributed by atoms with E-state index in [4.69, 9.17) is 18.9 Å². The second-order valence-electron chi connectivity index (χ2n) is 7.29. The molecule has 4 rings (SSSR count). The Morgan fingerprint density at radius 1 is 1.17 bits per heavy atom. The fourth-order valence-electron chi connectivity index (χ4n) is 3.36. The number of hydrogen-bond donors (Lipinski definition) is 3. The number of methoxy groups -OCH3 is 1. The van der Waals surface area contributed by atoms with Gasteiger partial charge in [0.2, 0.25) is 0 Å². The first kappa shape index (κ1) is 34.8. The van der Waals surface area contributed by atoms with E-state index in [-0.39, 0.29) is 145 Å². The monoisotopic (exact) mass is 1140 g/mol. The van der Waals surface area contributed by atoms with Crippen molar-refractivity contribution < 1.29 is 171 Å². The molecule has 3 N–H and O–H groups in total. The molecule has 0 aliphatic carbocycles. The van der Waals surface area contributed by atoms with Gasteiger partial charge in [0.05, 0.1) is 37.3 Å². The Balaban J connectivity index is 0.00000204. The Morgan fingerprint density at radius 2 is 1.89 bits per heavy atom. The zero-order chi connectivity index (χ0) is 22.7. The topological polar surface area (TPSA) is 128 Å². The number of pyridine rings is 1. The number of aliphatic hydroxyl groups is 3. The molecule has 4 atom stereocenters. The van der Waals surface area contributed by atoms with Gasteiger partial charge < -0.3 is 34.3 Å². The molecule has 1 aliphatic heterocycles. The van der Waals surface area contributed by atoms with Crippen LogP contribution in [0.25, 0.3) is 10.1 Å². The molecule has 1 saturated heterocycles. The number of aliphatic hydroxyl groups excluding tert-OH is 3. The van der Waals surface area contributed by atoms with Crippen molar-refractivity contribution in [1.82, 2.24) is 4.98 Å². The van der Waals surface area contributed by atoms with Crippen molar-refractivity contribution in [3.05, 3.63) is 53.2 Å². The van der Waals surface area contributed by atoms with Crippen molar-refractivity contribution in [3.8, 4) is 11.5 Å². The summed E-state index contributed by atoms with van der Waals surface area (Å²) in [5.74, 6) is 0.702. The van der Waals surface area contributed by atoms with Gasteiger partial charge in [0.15, 0.2) is 12.0 Å². The number of ether oxygens (including phenoxy) is 4. The van der Waals surface area contributed by atoms with Crippen molar-refractivity contribution >= 4 is 27.4 Å². The second kappa shape index (κ2) is 16.7. The first-order valence-electron chi connectivity index (χ1n) is 9.95. The molecule has 2 aromatic heterocycles. The number of hydrogen-bond acceptors (Lipinski definition) is 10. The van der Waals surface area contributed by atoms with Crippen molar-refractivity contribution in [2.24, 2.45) is 0 Å². The molecule has 13 heteroatoms. The normalized spacial score (nSPS) is 21.3. The van der Waals surface area contributed by atoms with E-state index in [1.807, 2.05) is 12.1 Å². The van der Waals surface area contributed by atoms with Crippen LogP contribution in [0.2, 0.25) is 0 Å². The van der Waals surface area contributed by atoms with E-state index in [0.717, 1.165) is 15.6 Å². The van der Waals surface area contributed by atoms with Crippen LogP contribution in [0.5, 0.6) is 11.5 Å². The maximum Gasteiger partial charge on any atom is 0.348 e. The molecule has 0 unspecified atom stereocenters. The van der Waals surface area contributed by atoms with Gasteiger partial charge in [0.25, 0.3) is 0 Å². The van der Waals surface area contributed by atoms with Crippen LogP contribution in [0.3, 0.4) is 0 Å². The van der Waals surface area contributed by atoms with E-state index in [9.17, 15) is 20.1 Å². The molecule has 9 nitrogen and oxygen atoms in total. The summed E-state index contributed by atoms with van der Waals surface area (Å²) in [5, 5.41) is 29.7. The number of thiophene rings is 1. The minimum atomic E-state index is -1.14. The minimum Gasteiger partial charge on any atom is -0.465 e. The van der Waals surface area contributed by atoms with Gasteiger partial charge in [-0.3, -0.25) is 4.98 Å². The molecule has 3 radical (unpaired) electrons. The Kier molecular flexibility index (Phi) is 16.6. The number of fused-ring (bicyclic) bond motifs is 1. The van der Waals surface area contributed by atoms with Crippen LogP contribution >= 0.6 is 11.3 Å². The van der Waals surface area contributed by atoms with Gasteiger partial charge in [-0.15, -0.1) is 11.3 Å². The van der Waals surface area contributed by atoms with Gasteiger partial charge in [-0.05, 0) is 23.8 Å². The predicted octanol–water partition coefficient (Wildman–Crippen LogP) is 2.22. The molecule has 0 bridgehead atoms. The third-order valence-electron chi connectivity index (χ3n) is 5.10. The fourth-order valence-corrected chi connectivity index (χ4v) is 4.33. The number of carbonyl (C=O) groups excluding carboxylic acids is 1. The zero-order valence-corrected chi connectivity index (χ0v) is 34.0. The standard InChI is InChI=1S/C22H23NO8S.3Ac/c1-28-22(27)18-6-14-16(8-23-9-19(14)32-18)30-13-4-2-12(3-5-13)11-29-20-7-15(25)21(26)17(10-24)31-20;;;/h2-6,8-9,15,17,20-21,24-26H,7,10-11H2,1H3;;;/t15-,17-,20-,21+;;;/m1.../s1. The summed E-state index contributed by atoms with van der Waals surface area (Å²) in [6.07, 6.45) is -0.392. The van der Waals surface area contributed by atoms with Crippen LogP contribution in [0.1, 0.15) is 21.7 Å². The van der Waals surface area contributed by atoms with E-state index < -0.39 is 37.2 Å². The first-order valence-corrected chi connectivity index (χ1v) is 10.8. The molecule has 35 heavy (non-hydrogen) atoms. The number of carbonyl (C=O) groups is 1. The summed E-state index contributed by atoms with van der Waals surface area (Å²) < 4.78 is 22.7. The SMILES string of the molecule is COC(=O)c1cc2c(Oc3ccc(CO[C@H]4C[C@@H](O)[C@H](O)[C@@H](CO)O4)cc3)cncc2s1.[Ac].[Ac].[Ac]. The van der Waals surface area contributed by atoms with Crippen LogP contribution in [-0.4, -0.2) is 64.6 Å². The average Bonchev–Trinajstić information content (AvgIpc) is 3.25. The largest absolute Gasteiger partial charge is 0.465 e. The van der Waals surface area contributed by atoms with Crippen LogP contribution in [-0.2, 0) is 20.8 Å². The summed E-state index contributed by atoms with van der Waals surface area (Å²) in [6, 6.07) is 8.94. The number of rotatable bonds is 7. The summed E-state index contributed by atoms with van der Waals surface area (Å²) in [5.41, 5.74) is 0.849. The molecule has 3 aromatic rings. The Labute approximate surface area is 313 Å². The molecular formula is C22H23Ac3NO8S. The number of esters is 1. The van der Waals surface area contributed by atoms with E-state index in [1.54, 1.807) is 30.6 Å². The van der Waals surface area contributed by atoms with Crippen LogP contribution in [0, 0.1) is 132 Å². The summed E-state index contributed by atoms with van der Waals surface area (Å²) in [6.45, 7) is -0.187. The Hall–Kier alpha value is 1.72. The summed E-state index contributed by atoms with van der Waals surface area (Å²) in [4.78, 5) is 16.4. The fraction of sp³-hybridized carbons (Fsp3) is 0.364. The van der Waals surface area contributed by atoms with Gasteiger partial charge in [-0.2, -0.15) is 0 Å². The molecule has 1 aromatic carbocycles. The maximum absolute atomic E-state index is 11.8. The smallest absolute Gasteiger partial charge is 0.348 e. The molecule has 179 valence electrons. The predicted molar refractivity (Wildman–Crippen MR) is 115 cm³/mol. The number of aromatic nitrogens is 1. The van der Waals surface area contributed by atoms with E-state index >= 15 is 0 Å². The van der Waals surface area contributed by atoms with Gasteiger partial charge in [0.1, 0.15) is 22.8 Å². The van der Waals surface area contributed by atoms with E-state index in [2.05, 4.69) is 4.98 Å². The van der Waals surface area contributed by atoms with E-state index in [0.29, 0.717) is 16.4 Å². The third-order valence-corrected chi connectivity index (χ3v) is 6.15. The van der Waals surface area contributed by atoms with Gasteiger partial charge in [-0.1, -0.05) is 12.1 Å². The third kappa shape index (κ3) is 9.13. The first-order chi connectivity index (χ1) is 15.5. The molecule has 3 heterocycles. The zero-order valence-electron chi connectivity index (χ0n) is 18.9. The van der Waals surface area contributed by atoms with E-state index in [1.165, 1.54) is 18.4 Å². The minimum absolute atomic E-state index is 0. The summed E-state index contributed by atoms with van der Waals surface area (Å²) >= 11 is 1.28. The number of nitrogens with zero attached hydrogens (tertiary/aromatic N) is 1. The van der Waals surface area contributed by atoms with Crippen molar-refractivity contribution in [3.63, 3.8) is 0 Å². The van der Waals surface area contributed by atoms with Gasteiger partial charge in [-0.25, -0.2) is 4.79 Å². The summed E-state index contributed by atoms with van der Waals surface area (Å²) in [7, 11) is 1.34. The average molecular weight is 1140 g/mol. The molecule has 0 amide bonds. The molecule has 1 fully saturated rings. The molecule has 0 spiro atoms. The van der Waals surface area contributed by atoms with Gasteiger partial charge >= 0.3 is 5.97 Å². The number of benzene rings is 1. The van der Waals surface area contributed by atoms with Crippen LogP contribution < -0.4 is 4.74 Å². The second-order valence-corrected chi connectivity index (χ2v) is 8.37. The Bertz CT molecular complexity index is 1080. The quantitative estimate of drug-likeness (QED) is 0.306. The Morgan fingerprint density at radius 3 is 2.54 bits per heavy atom. The van der Waals surface area contributed by atoms with Crippen molar-refractivity contribution in [1.29, 1.82) is 0 Å². The molecule has 1 aliphatic rings. The van der Waals surface area contributed by atoms with Crippen molar-refractivity contribution in [2.45, 2.75) is 37.6 Å².